The van der Waals surface area contributed by atoms with Crippen LogP contribution in [0.4, 0.5) is 0 Å². The molecule has 1 spiro atoms. The van der Waals surface area contributed by atoms with Gasteiger partial charge in [-0.05, 0) is 24.7 Å². The van der Waals surface area contributed by atoms with E-state index in [-0.39, 0.29) is 17.4 Å². The van der Waals surface area contributed by atoms with Crippen LogP contribution in [0.15, 0.2) is 17.1 Å². The summed E-state index contributed by atoms with van der Waals surface area (Å²) in [4.78, 5) is 17.9. The van der Waals surface area contributed by atoms with Crippen LogP contribution in [-0.2, 0) is 14.8 Å². The third-order valence-electron chi connectivity index (χ3n) is 4.82. The number of sulfonamides is 1. The maximum Gasteiger partial charge on any atom is 0.275 e. The standard InChI is InChI=1S/C14H21N3O5S/c1-23(19,20)16-12-9-21-7-4-14(12)2-5-17(6-3-14)13(18)11-8-22-10-15-11/h8,10,12,16H,2-7,9H2,1H3. The summed E-state index contributed by atoms with van der Waals surface area (Å²) in [5, 5.41) is 0. The van der Waals surface area contributed by atoms with Crippen molar-refractivity contribution in [3.8, 4) is 0 Å². The fraction of sp³-hybridized carbons (Fsp3) is 0.714. The SMILES string of the molecule is CS(=O)(=O)NC1COCCC12CCN(C(=O)c1cocn1)CC2. The highest BCUT2D eigenvalue weighted by atomic mass is 32.2. The van der Waals surface area contributed by atoms with Crippen molar-refractivity contribution in [1.82, 2.24) is 14.6 Å². The number of hydrogen-bond donors (Lipinski definition) is 1. The number of carbonyl (C=O) groups excluding carboxylic acids is 1. The first-order chi connectivity index (χ1) is 10.9. The van der Waals surface area contributed by atoms with Gasteiger partial charge in [-0.3, -0.25) is 4.79 Å². The Balaban J connectivity index is 1.69. The molecule has 9 heteroatoms. The Bertz CT molecular complexity index is 650. The number of amides is 1. The summed E-state index contributed by atoms with van der Waals surface area (Å²) in [6, 6.07) is -0.240. The Morgan fingerprint density at radius 2 is 2.13 bits per heavy atom. The summed E-state index contributed by atoms with van der Waals surface area (Å²) in [5.74, 6) is -0.145. The van der Waals surface area contributed by atoms with Gasteiger partial charge in [0.1, 0.15) is 6.26 Å². The van der Waals surface area contributed by atoms with Gasteiger partial charge in [0.25, 0.3) is 5.91 Å². The largest absolute Gasteiger partial charge is 0.451 e. The molecule has 3 rings (SSSR count). The molecule has 0 aromatic carbocycles. The van der Waals surface area contributed by atoms with Gasteiger partial charge in [-0.25, -0.2) is 18.1 Å². The predicted octanol–water partition coefficient (Wildman–Crippen LogP) is 0.235. The summed E-state index contributed by atoms with van der Waals surface area (Å²) in [5.41, 5.74) is 0.154. The average Bonchev–Trinajstić information content (AvgIpc) is 3.03. The number of piperidine rings is 1. The van der Waals surface area contributed by atoms with Crippen LogP contribution in [0.3, 0.4) is 0 Å². The van der Waals surface area contributed by atoms with Crippen molar-refractivity contribution in [2.45, 2.75) is 25.3 Å². The lowest BCUT2D eigenvalue weighted by Gasteiger charge is -2.48. The van der Waals surface area contributed by atoms with E-state index in [1.54, 1.807) is 4.90 Å². The van der Waals surface area contributed by atoms with E-state index in [1.165, 1.54) is 18.9 Å². The lowest BCUT2D eigenvalue weighted by atomic mass is 9.69. The number of nitrogens with one attached hydrogen (secondary N) is 1. The first-order valence-corrected chi connectivity index (χ1v) is 9.51. The predicted molar refractivity (Wildman–Crippen MR) is 81.3 cm³/mol. The van der Waals surface area contributed by atoms with Gasteiger partial charge < -0.3 is 14.1 Å². The molecule has 1 N–H and O–H groups in total. The minimum Gasteiger partial charge on any atom is -0.451 e. The summed E-state index contributed by atoms with van der Waals surface area (Å²) in [6.45, 7) is 2.16. The maximum absolute atomic E-state index is 12.3. The lowest BCUT2D eigenvalue weighted by molar-refractivity contribution is -0.0401. The molecular weight excluding hydrogens is 322 g/mol. The van der Waals surface area contributed by atoms with Crippen molar-refractivity contribution in [2.24, 2.45) is 5.41 Å². The fourth-order valence-electron chi connectivity index (χ4n) is 3.48. The topological polar surface area (TPSA) is 102 Å². The number of nitrogens with zero attached hydrogens (tertiary/aromatic N) is 2. The Kier molecular flexibility index (Phi) is 4.43. The molecule has 2 aliphatic heterocycles. The number of rotatable bonds is 3. The molecule has 2 fully saturated rings. The van der Waals surface area contributed by atoms with E-state index in [9.17, 15) is 13.2 Å². The van der Waals surface area contributed by atoms with Crippen LogP contribution in [0, 0.1) is 5.41 Å². The summed E-state index contributed by atoms with van der Waals surface area (Å²) in [7, 11) is -3.30. The minimum absolute atomic E-state index is 0.145. The van der Waals surface area contributed by atoms with Crippen molar-refractivity contribution in [1.29, 1.82) is 0 Å². The zero-order valence-corrected chi connectivity index (χ0v) is 13.8. The molecule has 0 bridgehead atoms. The second-order valence-corrected chi connectivity index (χ2v) is 8.08. The second kappa shape index (κ2) is 6.21. The molecule has 0 saturated carbocycles. The molecule has 128 valence electrons. The van der Waals surface area contributed by atoms with E-state index in [4.69, 9.17) is 9.15 Å². The number of ether oxygens (including phenoxy) is 1. The molecule has 0 aliphatic carbocycles. The molecular formula is C14H21N3O5S. The molecule has 1 unspecified atom stereocenters. The number of carbonyl (C=O) groups is 1. The molecule has 3 heterocycles. The van der Waals surface area contributed by atoms with Gasteiger partial charge in [-0.1, -0.05) is 0 Å². The highest BCUT2D eigenvalue weighted by Crippen LogP contribution is 2.41. The van der Waals surface area contributed by atoms with Crippen LogP contribution >= 0.6 is 0 Å². The van der Waals surface area contributed by atoms with E-state index < -0.39 is 10.0 Å². The Labute approximate surface area is 135 Å². The lowest BCUT2D eigenvalue weighted by Crippen LogP contribution is -2.57. The van der Waals surface area contributed by atoms with E-state index in [0.717, 1.165) is 19.3 Å². The Morgan fingerprint density at radius 1 is 1.39 bits per heavy atom. The van der Waals surface area contributed by atoms with Crippen LogP contribution in [-0.4, -0.2) is 62.8 Å². The van der Waals surface area contributed by atoms with Crippen LogP contribution in [0.25, 0.3) is 0 Å². The Hall–Kier alpha value is -1.45. The zero-order valence-electron chi connectivity index (χ0n) is 13.0. The third-order valence-corrected chi connectivity index (χ3v) is 5.53. The van der Waals surface area contributed by atoms with Gasteiger partial charge in [-0.2, -0.15) is 0 Å². The van der Waals surface area contributed by atoms with Gasteiger partial charge in [0.2, 0.25) is 10.0 Å². The highest BCUT2D eigenvalue weighted by molar-refractivity contribution is 7.88. The highest BCUT2D eigenvalue weighted by Gasteiger charge is 2.45. The van der Waals surface area contributed by atoms with Crippen molar-refractivity contribution >= 4 is 15.9 Å². The monoisotopic (exact) mass is 343 g/mol. The van der Waals surface area contributed by atoms with Crippen molar-refractivity contribution < 1.29 is 22.4 Å². The first kappa shape index (κ1) is 16.4. The van der Waals surface area contributed by atoms with Crippen LogP contribution in [0.5, 0.6) is 0 Å². The van der Waals surface area contributed by atoms with Crippen LogP contribution in [0.2, 0.25) is 0 Å². The van der Waals surface area contributed by atoms with E-state index in [0.29, 0.717) is 32.0 Å². The number of oxazole rings is 1. The van der Waals surface area contributed by atoms with Crippen molar-refractivity contribution in [2.75, 3.05) is 32.6 Å². The van der Waals surface area contributed by atoms with E-state index in [2.05, 4.69) is 9.71 Å². The van der Waals surface area contributed by atoms with Gasteiger partial charge in [0.15, 0.2) is 12.1 Å². The summed E-state index contributed by atoms with van der Waals surface area (Å²) >= 11 is 0. The molecule has 1 aromatic heterocycles. The number of likely N-dealkylation sites (tertiary alicyclic amines) is 1. The molecule has 1 atom stereocenters. The van der Waals surface area contributed by atoms with Crippen LogP contribution in [0.1, 0.15) is 29.8 Å². The molecule has 1 amide bonds. The van der Waals surface area contributed by atoms with Crippen molar-refractivity contribution in [3.63, 3.8) is 0 Å². The maximum atomic E-state index is 12.3. The van der Waals surface area contributed by atoms with E-state index >= 15 is 0 Å². The van der Waals surface area contributed by atoms with Gasteiger partial charge >= 0.3 is 0 Å². The van der Waals surface area contributed by atoms with Gasteiger partial charge in [0, 0.05) is 19.7 Å². The fourth-order valence-corrected chi connectivity index (χ4v) is 4.31. The Morgan fingerprint density at radius 3 is 2.74 bits per heavy atom. The molecule has 2 saturated heterocycles. The number of hydrogen-bond acceptors (Lipinski definition) is 6. The van der Waals surface area contributed by atoms with Gasteiger partial charge in [-0.15, -0.1) is 0 Å². The molecule has 23 heavy (non-hydrogen) atoms. The average molecular weight is 343 g/mol. The van der Waals surface area contributed by atoms with Crippen molar-refractivity contribution in [3.05, 3.63) is 18.4 Å². The minimum atomic E-state index is -3.30. The smallest absolute Gasteiger partial charge is 0.275 e. The van der Waals surface area contributed by atoms with Crippen LogP contribution < -0.4 is 4.72 Å². The summed E-state index contributed by atoms with van der Waals surface area (Å²) < 4.78 is 36.2. The zero-order chi connectivity index (χ0) is 16.5. The normalized spacial score (nSPS) is 24.7. The molecule has 2 aliphatic rings. The second-order valence-electron chi connectivity index (χ2n) is 6.30. The molecule has 8 nitrogen and oxygen atoms in total. The third kappa shape index (κ3) is 3.56. The van der Waals surface area contributed by atoms with Gasteiger partial charge in [0.05, 0.1) is 18.9 Å². The number of aromatic nitrogens is 1. The van der Waals surface area contributed by atoms with E-state index in [1.807, 2.05) is 0 Å². The molecule has 1 aromatic rings. The quantitative estimate of drug-likeness (QED) is 0.843. The first-order valence-electron chi connectivity index (χ1n) is 7.62. The summed E-state index contributed by atoms with van der Waals surface area (Å²) in [6.07, 6.45) is 6.03. The molecule has 0 radical (unpaired) electrons.